The normalized spacial score (nSPS) is 33.8. The molecule has 2 amide bonds. The molecule has 3 N–H and O–H groups in total. The fraction of sp³-hybridized carbons (Fsp3) is 0.917. The van der Waals surface area contributed by atoms with E-state index < -0.39 is 0 Å². The first-order valence-electron chi connectivity index (χ1n) is 6.29. The molecule has 0 bridgehead atoms. The molecule has 2 fully saturated rings. The summed E-state index contributed by atoms with van der Waals surface area (Å²) in [6.07, 6.45) is 5.56. The second-order valence-corrected chi connectivity index (χ2v) is 5.55. The molecule has 0 aliphatic heterocycles. The summed E-state index contributed by atoms with van der Waals surface area (Å²) >= 11 is 0. The fourth-order valence-electron chi connectivity index (χ4n) is 2.44. The predicted octanol–water partition coefficient (Wildman–Crippen LogP) is 1.25. The minimum atomic E-state index is -0.128. The number of amides is 2. The Morgan fingerprint density at radius 1 is 1.44 bits per heavy atom. The molecule has 2 saturated carbocycles. The van der Waals surface area contributed by atoms with Gasteiger partial charge >= 0.3 is 6.03 Å². The van der Waals surface area contributed by atoms with Gasteiger partial charge in [-0.25, -0.2) is 4.79 Å². The quantitative estimate of drug-likeness (QED) is 0.675. The second kappa shape index (κ2) is 4.62. The average Bonchev–Trinajstić information content (AvgIpc) is 3.03. The van der Waals surface area contributed by atoms with Crippen molar-refractivity contribution in [1.29, 1.82) is 0 Å². The second-order valence-electron chi connectivity index (χ2n) is 5.55. The molecule has 4 nitrogen and oxygen atoms in total. The molecule has 0 aromatic rings. The van der Waals surface area contributed by atoms with Crippen LogP contribution in [-0.4, -0.2) is 30.3 Å². The van der Waals surface area contributed by atoms with Crippen LogP contribution in [0, 0.1) is 11.3 Å². The molecule has 16 heavy (non-hydrogen) atoms. The SMILES string of the molecule is CC1(CO)CCCC1NC(=O)NCC1CC1. The van der Waals surface area contributed by atoms with Gasteiger partial charge in [0.1, 0.15) is 0 Å². The van der Waals surface area contributed by atoms with Crippen LogP contribution in [0.2, 0.25) is 0 Å². The number of hydrogen-bond acceptors (Lipinski definition) is 2. The van der Waals surface area contributed by atoms with Crippen LogP contribution in [-0.2, 0) is 0 Å². The molecule has 0 heterocycles. The maximum Gasteiger partial charge on any atom is 0.315 e. The maximum absolute atomic E-state index is 11.6. The molecule has 2 rings (SSSR count). The van der Waals surface area contributed by atoms with Gasteiger partial charge in [0.05, 0.1) is 6.61 Å². The highest BCUT2D eigenvalue weighted by Crippen LogP contribution is 2.37. The van der Waals surface area contributed by atoms with E-state index in [0.717, 1.165) is 25.8 Å². The van der Waals surface area contributed by atoms with E-state index in [2.05, 4.69) is 10.6 Å². The zero-order chi connectivity index (χ0) is 11.6. The van der Waals surface area contributed by atoms with Crippen molar-refractivity contribution in [3.8, 4) is 0 Å². The molecule has 2 atom stereocenters. The van der Waals surface area contributed by atoms with Crippen molar-refractivity contribution in [3.05, 3.63) is 0 Å². The fourth-order valence-corrected chi connectivity index (χ4v) is 2.44. The third kappa shape index (κ3) is 2.67. The predicted molar refractivity (Wildman–Crippen MR) is 62.1 cm³/mol. The third-order valence-electron chi connectivity index (χ3n) is 4.00. The van der Waals surface area contributed by atoms with Gasteiger partial charge in [0.15, 0.2) is 0 Å². The molecule has 2 aliphatic carbocycles. The molecule has 0 saturated heterocycles. The van der Waals surface area contributed by atoms with Gasteiger partial charge in [-0.15, -0.1) is 0 Å². The van der Waals surface area contributed by atoms with Crippen molar-refractivity contribution < 1.29 is 9.90 Å². The van der Waals surface area contributed by atoms with E-state index in [0.29, 0.717) is 5.92 Å². The van der Waals surface area contributed by atoms with Crippen LogP contribution in [0.5, 0.6) is 0 Å². The monoisotopic (exact) mass is 226 g/mol. The zero-order valence-corrected chi connectivity index (χ0v) is 9.96. The highest BCUT2D eigenvalue weighted by molar-refractivity contribution is 5.74. The number of hydrogen-bond donors (Lipinski definition) is 3. The van der Waals surface area contributed by atoms with E-state index in [1.54, 1.807) is 0 Å². The Balaban J connectivity index is 1.76. The maximum atomic E-state index is 11.6. The van der Waals surface area contributed by atoms with E-state index in [1.165, 1.54) is 12.8 Å². The van der Waals surface area contributed by atoms with Gasteiger partial charge in [-0.1, -0.05) is 13.3 Å². The largest absolute Gasteiger partial charge is 0.396 e. The van der Waals surface area contributed by atoms with Crippen LogP contribution < -0.4 is 10.6 Å². The first kappa shape index (κ1) is 11.7. The van der Waals surface area contributed by atoms with Gasteiger partial charge < -0.3 is 15.7 Å². The van der Waals surface area contributed by atoms with Crippen LogP contribution in [0.15, 0.2) is 0 Å². The summed E-state index contributed by atoms with van der Waals surface area (Å²) < 4.78 is 0. The van der Waals surface area contributed by atoms with E-state index in [4.69, 9.17) is 0 Å². The lowest BCUT2D eigenvalue weighted by Crippen LogP contribution is -2.48. The van der Waals surface area contributed by atoms with Crippen molar-refractivity contribution in [3.63, 3.8) is 0 Å². The summed E-state index contributed by atoms with van der Waals surface area (Å²) in [6.45, 7) is 3.00. The van der Waals surface area contributed by atoms with Crippen LogP contribution >= 0.6 is 0 Å². The average molecular weight is 226 g/mol. The lowest BCUT2D eigenvalue weighted by atomic mass is 9.86. The minimum Gasteiger partial charge on any atom is -0.396 e. The minimum absolute atomic E-state index is 0.0709. The van der Waals surface area contributed by atoms with Gasteiger partial charge in [-0.05, 0) is 31.6 Å². The number of rotatable bonds is 4. The van der Waals surface area contributed by atoms with Crippen LogP contribution in [0.4, 0.5) is 4.79 Å². The number of carbonyl (C=O) groups excluding carboxylic acids is 1. The number of aliphatic hydroxyl groups excluding tert-OH is 1. The van der Waals surface area contributed by atoms with Crippen LogP contribution in [0.25, 0.3) is 0 Å². The van der Waals surface area contributed by atoms with Gasteiger partial charge in [-0.3, -0.25) is 0 Å². The van der Waals surface area contributed by atoms with Crippen molar-refractivity contribution in [2.24, 2.45) is 11.3 Å². The molecule has 0 radical (unpaired) electrons. The molecular formula is C12H22N2O2. The Kier molecular flexibility index (Phi) is 3.38. The standard InChI is InChI=1S/C12H22N2O2/c1-12(8-15)6-2-3-10(12)14-11(16)13-7-9-4-5-9/h9-10,15H,2-8H2,1H3,(H2,13,14,16). The van der Waals surface area contributed by atoms with E-state index in [9.17, 15) is 9.90 Å². The topological polar surface area (TPSA) is 61.4 Å². The van der Waals surface area contributed by atoms with Gasteiger partial charge in [0.2, 0.25) is 0 Å². The van der Waals surface area contributed by atoms with Crippen molar-refractivity contribution in [2.75, 3.05) is 13.2 Å². The lowest BCUT2D eigenvalue weighted by Gasteiger charge is -2.30. The molecule has 0 aromatic carbocycles. The molecule has 2 aliphatic rings. The van der Waals surface area contributed by atoms with Gasteiger partial charge in [0.25, 0.3) is 0 Å². The van der Waals surface area contributed by atoms with Gasteiger partial charge in [-0.2, -0.15) is 0 Å². The van der Waals surface area contributed by atoms with Crippen molar-refractivity contribution in [2.45, 2.75) is 45.1 Å². The lowest BCUT2D eigenvalue weighted by molar-refractivity contribution is 0.121. The summed E-state index contributed by atoms with van der Waals surface area (Å²) in [5, 5.41) is 15.3. The Morgan fingerprint density at radius 3 is 2.81 bits per heavy atom. The molecule has 2 unspecified atom stereocenters. The Morgan fingerprint density at radius 2 is 2.19 bits per heavy atom. The Bertz CT molecular complexity index is 266. The van der Waals surface area contributed by atoms with E-state index in [-0.39, 0.29) is 24.1 Å². The molecule has 92 valence electrons. The third-order valence-corrected chi connectivity index (χ3v) is 4.00. The number of aliphatic hydroxyl groups is 1. The number of carbonyl (C=O) groups is 1. The van der Waals surface area contributed by atoms with Gasteiger partial charge in [0, 0.05) is 18.0 Å². The summed E-state index contributed by atoms with van der Waals surface area (Å²) in [5.41, 5.74) is -0.128. The first-order valence-corrected chi connectivity index (χ1v) is 6.29. The van der Waals surface area contributed by atoms with Crippen LogP contribution in [0.3, 0.4) is 0 Å². The number of urea groups is 1. The summed E-state index contributed by atoms with van der Waals surface area (Å²) in [6, 6.07) is 0.0511. The highest BCUT2D eigenvalue weighted by Gasteiger charge is 2.39. The molecular weight excluding hydrogens is 204 g/mol. The Hall–Kier alpha value is -0.770. The summed E-state index contributed by atoms with van der Waals surface area (Å²) in [5.74, 6) is 0.707. The van der Waals surface area contributed by atoms with Crippen molar-refractivity contribution >= 4 is 6.03 Å². The molecule has 4 heteroatoms. The summed E-state index contributed by atoms with van der Waals surface area (Å²) in [4.78, 5) is 11.6. The molecule has 0 spiro atoms. The zero-order valence-electron chi connectivity index (χ0n) is 9.96. The smallest absolute Gasteiger partial charge is 0.315 e. The number of nitrogens with one attached hydrogen (secondary N) is 2. The highest BCUT2D eigenvalue weighted by atomic mass is 16.3. The van der Waals surface area contributed by atoms with E-state index >= 15 is 0 Å². The Labute approximate surface area is 96.8 Å². The van der Waals surface area contributed by atoms with Crippen LogP contribution in [0.1, 0.15) is 39.0 Å². The van der Waals surface area contributed by atoms with E-state index in [1.807, 2.05) is 6.92 Å². The molecule has 0 aromatic heterocycles. The van der Waals surface area contributed by atoms with Crippen molar-refractivity contribution in [1.82, 2.24) is 10.6 Å². The summed E-state index contributed by atoms with van der Waals surface area (Å²) in [7, 11) is 0. The first-order chi connectivity index (χ1) is 7.64.